The summed E-state index contributed by atoms with van der Waals surface area (Å²) in [6, 6.07) is 10.1. The van der Waals surface area contributed by atoms with Gasteiger partial charge in [-0.15, -0.1) is 5.10 Å². The van der Waals surface area contributed by atoms with Gasteiger partial charge in [-0.3, -0.25) is 9.48 Å². The number of fused-ring (bicyclic) bond motifs is 1. The maximum atomic E-state index is 12.6. The molecule has 4 rings (SSSR count). The molecule has 0 spiro atoms. The summed E-state index contributed by atoms with van der Waals surface area (Å²) in [5.41, 5.74) is 4.17. The summed E-state index contributed by atoms with van der Waals surface area (Å²) < 4.78 is 1.54. The van der Waals surface area contributed by atoms with Crippen LogP contribution >= 0.6 is 0 Å². The highest BCUT2D eigenvalue weighted by molar-refractivity contribution is 5.90. The first kappa shape index (κ1) is 15.4. The summed E-state index contributed by atoms with van der Waals surface area (Å²) in [5, 5.41) is 4.12. The number of aromatic nitrogens is 5. The maximum Gasteiger partial charge on any atom is 0.293 e. The zero-order valence-electron chi connectivity index (χ0n) is 14.0. The SMILES string of the molecule is Cn1cnc(C(=O)N2CCc3ncnc(-c4ccccc4)c3CC2)n1. The summed E-state index contributed by atoms with van der Waals surface area (Å²) in [6.07, 6.45) is 4.58. The van der Waals surface area contributed by atoms with E-state index < -0.39 is 0 Å². The van der Waals surface area contributed by atoms with Crippen molar-refractivity contribution in [1.82, 2.24) is 29.6 Å². The van der Waals surface area contributed by atoms with E-state index >= 15 is 0 Å². The normalized spacial score (nSPS) is 14.0. The lowest BCUT2D eigenvalue weighted by Gasteiger charge is -2.18. The summed E-state index contributed by atoms with van der Waals surface area (Å²) >= 11 is 0. The van der Waals surface area contributed by atoms with Crippen LogP contribution in [0.3, 0.4) is 0 Å². The van der Waals surface area contributed by atoms with E-state index in [9.17, 15) is 4.79 Å². The van der Waals surface area contributed by atoms with Crippen LogP contribution in [0.25, 0.3) is 11.3 Å². The molecular weight excluding hydrogens is 316 g/mol. The Balaban J connectivity index is 1.61. The molecule has 25 heavy (non-hydrogen) atoms. The molecule has 0 atom stereocenters. The van der Waals surface area contributed by atoms with Crippen molar-refractivity contribution in [2.75, 3.05) is 13.1 Å². The lowest BCUT2D eigenvalue weighted by Crippen LogP contribution is -2.34. The summed E-state index contributed by atoms with van der Waals surface area (Å²) in [6.45, 7) is 1.21. The predicted molar refractivity (Wildman–Crippen MR) is 91.8 cm³/mol. The number of benzene rings is 1. The molecule has 0 bridgehead atoms. The van der Waals surface area contributed by atoms with Crippen molar-refractivity contribution in [3.05, 3.63) is 60.1 Å². The second-order valence-electron chi connectivity index (χ2n) is 6.05. The molecule has 126 valence electrons. The summed E-state index contributed by atoms with van der Waals surface area (Å²) in [4.78, 5) is 27.4. The van der Waals surface area contributed by atoms with E-state index in [-0.39, 0.29) is 11.7 Å². The first-order valence-electron chi connectivity index (χ1n) is 8.25. The van der Waals surface area contributed by atoms with Crippen LogP contribution in [-0.2, 0) is 19.9 Å². The van der Waals surface area contributed by atoms with Crippen LogP contribution in [0.1, 0.15) is 21.9 Å². The van der Waals surface area contributed by atoms with Crippen LogP contribution < -0.4 is 0 Å². The number of nitrogens with zero attached hydrogens (tertiary/aromatic N) is 6. The maximum absolute atomic E-state index is 12.6. The molecule has 0 radical (unpaired) electrons. The van der Waals surface area contributed by atoms with Gasteiger partial charge in [-0.2, -0.15) is 0 Å². The molecule has 0 saturated carbocycles. The van der Waals surface area contributed by atoms with Crippen LogP contribution in [0.2, 0.25) is 0 Å². The fourth-order valence-electron chi connectivity index (χ4n) is 3.15. The van der Waals surface area contributed by atoms with Crippen LogP contribution in [0, 0.1) is 0 Å². The molecule has 2 aromatic heterocycles. The second kappa shape index (κ2) is 6.43. The van der Waals surface area contributed by atoms with Crippen molar-refractivity contribution in [1.29, 1.82) is 0 Å². The van der Waals surface area contributed by atoms with Crippen molar-refractivity contribution in [3.63, 3.8) is 0 Å². The summed E-state index contributed by atoms with van der Waals surface area (Å²) in [5.74, 6) is 0.102. The summed E-state index contributed by atoms with van der Waals surface area (Å²) in [7, 11) is 1.75. The van der Waals surface area contributed by atoms with Gasteiger partial charge in [0.15, 0.2) is 0 Å². The van der Waals surface area contributed by atoms with E-state index in [2.05, 4.69) is 20.1 Å². The van der Waals surface area contributed by atoms with E-state index in [1.807, 2.05) is 30.3 Å². The van der Waals surface area contributed by atoms with Gasteiger partial charge in [-0.1, -0.05) is 30.3 Å². The van der Waals surface area contributed by atoms with Crippen molar-refractivity contribution >= 4 is 5.91 Å². The highest BCUT2D eigenvalue weighted by Gasteiger charge is 2.24. The quantitative estimate of drug-likeness (QED) is 0.710. The second-order valence-corrected chi connectivity index (χ2v) is 6.05. The van der Waals surface area contributed by atoms with Crippen LogP contribution in [0.4, 0.5) is 0 Å². The van der Waals surface area contributed by atoms with Crippen molar-refractivity contribution in [2.24, 2.45) is 7.05 Å². The Bertz CT molecular complexity index is 905. The van der Waals surface area contributed by atoms with Crippen LogP contribution in [0.5, 0.6) is 0 Å². The lowest BCUT2D eigenvalue weighted by atomic mass is 10.0. The monoisotopic (exact) mass is 334 g/mol. The topological polar surface area (TPSA) is 76.8 Å². The van der Waals surface area contributed by atoms with Gasteiger partial charge in [0.2, 0.25) is 5.82 Å². The predicted octanol–water partition coefficient (Wildman–Crippen LogP) is 1.51. The van der Waals surface area contributed by atoms with Gasteiger partial charge in [0.1, 0.15) is 12.7 Å². The largest absolute Gasteiger partial charge is 0.335 e. The molecule has 0 N–H and O–H groups in total. The molecule has 0 fully saturated rings. The average Bonchev–Trinajstić information content (AvgIpc) is 2.96. The molecule has 7 nitrogen and oxygen atoms in total. The van der Waals surface area contributed by atoms with Crippen LogP contribution in [0.15, 0.2) is 43.0 Å². The first-order chi connectivity index (χ1) is 12.2. The Morgan fingerprint density at radius 1 is 1.04 bits per heavy atom. The Morgan fingerprint density at radius 2 is 1.84 bits per heavy atom. The molecule has 0 aliphatic carbocycles. The Hall–Kier alpha value is -3.09. The van der Waals surface area contributed by atoms with Gasteiger partial charge in [-0.25, -0.2) is 15.0 Å². The highest BCUT2D eigenvalue weighted by atomic mass is 16.2. The lowest BCUT2D eigenvalue weighted by molar-refractivity contribution is 0.0750. The molecule has 1 aliphatic heterocycles. The fourth-order valence-corrected chi connectivity index (χ4v) is 3.15. The minimum absolute atomic E-state index is 0.136. The number of carbonyl (C=O) groups excluding carboxylic acids is 1. The van der Waals surface area contributed by atoms with Crippen molar-refractivity contribution in [3.8, 4) is 11.3 Å². The Morgan fingerprint density at radius 3 is 2.60 bits per heavy atom. The number of hydrogen-bond acceptors (Lipinski definition) is 5. The molecule has 7 heteroatoms. The number of rotatable bonds is 2. The molecule has 3 heterocycles. The van der Waals surface area contributed by atoms with Gasteiger partial charge in [0.05, 0.1) is 5.69 Å². The first-order valence-corrected chi connectivity index (χ1v) is 8.25. The number of carbonyl (C=O) groups is 1. The van der Waals surface area contributed by atoms with E-state index in [0.29, 0.717) is 19.5 Å². The van der Waals surface area contributed by atoms with E-state index in [1.54, 1.807) is 29.3 Å². The molecule has 3 aromatic rings. The zero-order valence-corrected chi connectivity index (χ0v) is 14.0. The number of amides is 1. The minimum atomic E-state index is -0.136. The molecule has 1 aromatic carbocycles. The molecule has 1 aliphatic rings. The smallest absolute Gasteiger partial charge is 0.293 e. The minimum Gasteiger partial charge on any atom is -0.335 e. The molecule has 0 saturated heterocycles. The van der Waals surface area contributed by atoms with Gasteiger partial charge in [0, 0.05) is 43.4 Å². The number of hydrogen-bond donors (Lipinski definition) is 0. The standard InChI is InChI=1S/C18H18N6O/c1-23-12-21-17(22-23)18(25)24-9-7-14-15(8-10-24)19-11-20-16(14)13-5-3-2-4-6-13/h2-6,11-12H,7-10H2,1H3. The molecule has 0 unspecified atom stereocenters. The van der Waals surface area contributed by atoms with E-state index in [4.69, 9.17) is 0 Å². The van der Waals surface area contributed by atoms with Crippen LogP contribution in [-0.4, -0.2) is 48.6 Å². The third-order valence-electron chi connectivity index (χ3n) is 4.41. The van der Waals surface area contributed by atoms with Crippen molar-refractivity contribution in [2.45, 2.75) is 12.8 Å². The van der Waals surface area contributed by atoms with Gasteiger partial charge in [-0.05, 0) is 6.42 Å². The van der Waals surface area contributed by atoms with Gasteiger partial charge >= 0.3 is 0 Å². The third kappa shape index (κ3) is 3.00. The van der Waals surface area contributed by atoms with E-state index in [0.717, 1.165) is 28.9 Å². The van der Waals surface area contributed by atoms with Gasteiger partial charge in [0.25, 0.3) is 5.91 Å². The number of aryl methyl sites for hydroxylation is 1. The fraction of sp³-hybridized carbons (Fsp3) is 0.278. The Kier molecular flexibility index (Phi) is 3.97. The molecular formula is C18H18N6O. The van der Waals surface area contributed by atoms with Gasteiger partial charge < -0.3 is 4.90 Å². The average molecular weight is 334 g/mol. The highest BCUT2D eigenvalue weighted by Crippen LogP contribution is 2.25. The molecule has 1 amide bonds. The zero-order chi connectivity index (χ0) is 17.2. The van der Waals surface area contributed by atoms with Crippen molar-refractivity contribution < 1.29 is 4.79 Å². The third-order valence-corrected chi connectivity index (χ3v) is 4.41. The van der Waals surface area contributed by atoms with E-state index in [1.165, 1.54) is 0 Å². The Labute approximate surface area is 145 Å².